The average Bonchev–Trinajstić information content (AvgIpc) is 2.32. The molecule has 0 saturated heterocycles. The Morgan fingerprint density at radius 2 is 2.12 bits per heavy atom. The molecule has 1 aromatic heterocycles. The summed E-state index contributed by atoms with van der Waals surface area (Å²) < 4.78 is 12.6. The summed E-state index contributed by atoms with van der Waals surface area (Å²) in [5.74, 6) is -0.363. The van der Waals surface area contributed by atoms with E-state index in [-0.39, 0.29) is 5.75 Å². The van der Waals surface area contributed by atoms with Crippen LogP contribution in [0.3, 0.4) is 0 Å². The first kappa shape index (κ1) is 11.7. The molecule has 17 heavy (non-hydrogen) atoms. The van der Waals surface area contributed by atoms with Crippen molar-refractivity contribution < 1.29 is 9.50 Å². The van der Waals surface area contributed by atoms with Crippen molar-refractivity contribution in [2.24, 2.45) is 0 Å². The van der Waals surface area contributed by atoms with E-state index >= 15 is 0 Å². The highest BCUT2D eigenvalue weighted by Gasteiger charge is 2.02. The lowest BCUT2D eigenvalue weighted by Gasteiger charge is -2.08. The summed E-state index contributed by atoms with van der Waals surface area (Å²) in [6, 6.07) is 7.65. The fourth-order valence-corrected chi connectivity index (χ4v) is 1.57. The Morgan fingerprint density at radius 1 is 1.29 bits per heavy atom. The molecule has 0 fully saturated rings. The summed E-state index contributed by atoms with van der Waals surface area (Å²) in [6.07, 6.45) is 1.39. The number of phenolic OH excluding ortho intramolecular Hbond substituents is 1. The summed E-state index contributed by atoms with van der Waals surface area (Å²) in [7, 11) is 0. The van der Waals surface area contributed by atoms with Crippen LogP contribution in [0.4, 0.5) is 10.1 Å². The molecule has 1 heterocycles. The minimum Gasteiger partial charge on any atom is -0.508 e. The molecule has 0 atom stereocenters. The van der Waals surface area contributed by atoms with Crippen LogP contribution in [0.25, 0.3) is 0 Å². The molecule has 0 unspecified atom stereocenters. The number of hydrogen-bond acceptors (Lipinski definition) is 3. The van der Waals surface area contributed by atoms with Crippen LogP contribution in [-0.4, -0.2) is 10.1 Å². The first-order valence-electron chi connectivity index (χ1n) is 4.98. The number of nitrogens with zero attached hydrogens (tertiary/aromatic N) is 1. The van der Waals surface area contributed by atoms with E-state index in [1.807, 2.05) is 0 Å². The zero-order valence-corrected chi connectivity index (χ0v) is 9.58. The second-order valence-electron chi connectivity index (χ2n) is 3.50. The number of nitrogens with one attached hydrogen (secondary N) is 1. The number of phenols is 1. The van der Waals surface area contributed by atoms with Gasteiger partial charge in [-0.1, -0.05) is 11.6 Å². The number of halogens is 2. The second-order valence-corrected chi connectivity index (χ2v) is 3.93. The molecular weight excluding hydrogens is 243 g/mol. The number of anilines is 1. The standard InChI is InChI=1S/C12H10ClFN2O/c13-9-1-3-11(17)8(5-9)6-15-10-2-4-12(14)16-7-10/h1-5,7,15,17H,6H2. The maximum atomic E-state index is 12.6. The van der Waals surface area contributed by atoms with Gasteiger partial charge in [-0.2, -0.15) is 4.39 Å². The minimum atomic E-state index is -0.527. The number of benzene rings is 1. The van der Waals surface area contributed by atoms with Gasteiger partial charge in [0.05, 0.1) is 11.9 Å². The largest absolute Gasteiger partial charge is 0.508 e. The predicted octanol–water partition coefficient (Wildman–Crippen LogP) is 3.19. The van der Waals surface area contributed by atoms with E-state index in [9.17, 15) is 9.50 Å². The molecule has 2 aromatic rings. The monoisotopic (exact) mass is 252 g/mol. The van der Waals surface area contributed by atoms with E-state index in [2.05, 4.69) is 10.3 Å². The molecule has 2 rings (SSSR count). The smallest absolute Gasteiger partial charge is 0.212 e. The van der Waals surface area contributed by atoms with Gasteiger partial charge in [-0.05, 0) is 30.3 Å². The molecule has 0 bridgehead atoms. The molecule has 3 nitrogen and oxygen atoms in total. The van der Waals surface area contributed by atoms with E-state index in [1.54, 1.807) is 18.2 Å². The highest BCUT2D eigenvalue weighted by atomic mass is 35.5. The van der Waals surface area contributed by atoms with Gasteiger partial charge in [0.15, 0.2) is 0 Å². The first-order valence-corrected chi connectivity index (χ1v) is 5.36. The van der Waals surface area contributed by atoms with Gasteiger partial charge in [0.2, 0.25) is 5.95 Å². The molecule has 0 amide bonds. The van der Waals surface area contributed by atoms with Crippen molar-refractivity contribution >= 4 is 17.3 Å². The maximum absolute atomic E-state index is 12.6. The van der Waals surface area contributed by atoms with Crippen molar-refractivity contribution in [3.05, 3.63) is 53.1 Å². The van der Waals surface area contributed by atoms with Crippen LogP contribution in [0.1, 0.15) is 5.56 Å². The van der Waals surface area contributed by atoms with E-state index in [0.717, 1.165) is 0 Å². The Kier molecular flexibility index (Phi) is 3.44. The van der Waals surface area contributed by atoms with Gasteiger partial charge >= 0.3 is 0 Å². The molecule has 0 radical (unpaired) electrons. The van der Waals surface area contributed by atoms with Crippen molar-refractivity contribution in [3.8, 4) is 5.75 Å². The van der Waals surface area contributed by atoms with E-state index in [4.69, 9.17) is 11.6 Å². The van der Waals surface area contributed by atoms with Crippen molar-refractivity contribution in [2.45, 2.75) is 6.54 Å². The zero-order chi connectivity index (χ0) is 12.3. The number of hydrogen-bond donors (Lipinski definition) is 2. The molecule has 1 aromatic carbocycles. The molecule has 0 spiro atoms. The minimum absolute atomic E-state index is 0.164. The van der Waals surface area contributed by atoms with Gasteiger partial charge in [-0.15, -0.1) is 0 Å². The summed E-state index contributed by atoms with van der Waals surface area (Å²) in [4.78, 5) is 3.51. The van der Waals surface area contributed by atoms with Crippen LogP contribution >= 0.6 is 11.6 Å². The summed E-state index contributed by atoms with van der Waals surface area (Å²) in [5.41, 5.74) is 1.34. The molecule has 0 saturated carbocycles. The normalized spacial score (nSPS) is 10.2. The van der Waals surface area contributed by atoms with Crippen LogP contribution in [0, 0.1) is 5.95 Å². The van der Waals surface area contributed by atoms with Gasteiger partial charge in [0.1, 0.15) is 5.75 Å². The van der Waals surface area contributed by atoms with Crippen LogP contribution in [0.2, 0.25) is 5.02 Å². The molecule has 5 heteroatoms. The number of pyridine rings is 1. The number of rotatable bonds is 3. The highest BCUT2D eigenvalue weighted by Crippen LogP contribution is 2.22. The van der Waals surface area contributed by atoms with Crippen molar-refractivity contribution in [1.29, 1.82) is 0 Å². The van der Waals surface area contributed by atoms with Crippen molar-refractivity contribution in [2.75, 3.05) is 5.32 Å². The first-order chi connectivity index (χ1) is 8.15. The van der Waals surface area contributed by atoms with Crippen LogP contribution in [0.5, 0.6) is 5.75 Å². The maximum Gasteiger partial charge on any atom is 0.212 e. The highest BCUT2D eigenvalue weighted by molar-refractivity contribution is 6.30. The lowest BCUT2D eigenvalue weighted by molar-refractivity contribution is 0.469. The van der Waals surface area contributed by atoms with Crippen LogP contribution in [0.15, 0.2) is 36.5 Å². The van der Waals surface area contributed by atoms with Crippen molar-refractivity contribution in [1.82, 2.24) is 4.98 Å². The third-order valence-corrected chi connectivity index (χ3v) is 2.49. The summed E-state index contributed by atoms with van der Waals surface area (Å²) >= 11 is 5.82. The Labute approximate surface area is 103 Å². The topological polar surface area (TPSA) is 45.1 Å². The van der Waals surface area contributed by atoms with Gasteiger partial charge < -0.3 is 10.4 Å². The fraction of sp³-hybridized carbons (Fsp3) is 0.0833. The fourth-order valence-electron chi connectivity index (χ4n) is 1.37. The Balaban J connectivity index is 2.07. The molecule has 88 valence electrons. The van der Waals surface area contributed by atoms with Gasteiger partial charge in [0, 0.05) is 17.1 Å². The molecular formula is C12H10ClFN2O. The summed E-state index contributed by atoms with van der Waals surface area (Å²) in [6.45, 7) is 0.389. The van der Waals surface area contributed by atoms with Crippen LogP contribution in [-0.2, 0) is 6.54 Å². The lowest BCUT2D eigenvalue weighted by atomic mass is 10.2. The zero-order valence-electron chi connectivity index (χ0n) is 8.82. The van der Waals surface area contributed by atoms with Gasteiger partial charge in [-0.25, -0.2) is 4.98 Å². The van der Waals surface area contributed by atoms with E-state index in [1.165, 1.54) is 18.3 Å². The Morgan fingerprint density at radius 3 is 2.82 bits per heavy atom. The van der Waals surface area contributed by atoms with E-state index in [0.29, 0.717) is 22.8 Å². The van der Waals surface area contributed by atoms with Gasteiger partial charge in [0.25, 0.3) is 0 Å². The molecule has 2 N–H and O–H groups in total. The number of aromatic nitrogens is 1. The third kappa shape index (κ3) is 3.07. The quantitative estimate of drug-likeness (QED) is 0.825. The summed E-state index contributed by atoms with van der Waals surface area (Å²) in [5, 5.41) is 13.1. The second kappa shape index (κ2) is 5.01. The third-order valence-electron chi connectivity index (χ3n) is 2.25. The lowest BCUT2D eigenvalue weighted by Crippen LogP contribution is -2.00. The van der Waals surface area contributed by atoms with Crippen LogP contribution < -0.4 is 5.32 Å². The van der Waals surface area contributed by atoms with E-state index < -0.39 is 5.95 Å². The van der Waals surface area contributed by atoms with Crippen molar-refractivity contribution in [3.63, 3.8) is 0 Å². The number of aromatic hydroxyl groups is 1. The SMILES string of the molecule is Oc1ccc(Cl)cc1CNc1ccc(F)nc1. The molecule has 0 aliphatic carbocycles. The molecule has 0 aliphatic rings. The Hall–Kier alpha value is -1.81. The average molecular weight is 253 g/mol. The predicted molar refractivity (Wildman–Crippen MR) is 64.6 cm³/mol. The Bertz CT molecular complexity index is 516. The molecule has 0 aliphatic heterocycles. The van der Waals surface area contributed by atoms with Gasteiger partial charge in [-0.3, -0.25) is 0 Å².